The molecule has 1 atom stereocenters. The van der Waals surface area contributed by atoms with Crippen LogP contribution in [0.4, 0.5) is 0 Å². The van der Waals surface area contributed by atoms with Gasteiger partial charge in [0.25, 0.3) is 10.0 Å². The number of nitrogens with zero attached hydrogens (tertiary/aromatic N) is 1. The van der Waals surface area contributed by atoms with Crippen LogP contribution in [0.2, 0.25) is 0 Å². The van der Waals surface area contributed by atoms with Gasteiger partial charge in [0.15, 0.2) is 0 Å². The van der Waals surface area contributed by atoms with Gasteiger partial charge >= 0.3 is 11.8 Å². The molecule has 0 bridgehead atoms. The van der Waals surface area contributed by atoms with Crippen LogP contribution in [0.25, 0.3) is 0 Å². The Hall–Kier alpha value is -1.45. The van der Waals surface area contributed by atoms with Crippen LogP contribution in [0.3, 0.4) is 0 Å². The predicted molar refractivity (Wildman–Crippen MR) is 104 cm³/mol. The molecule has 2 heterocycles. The van der Waals surface area contributed by atoms with E-state index < -0.39 is 21.8 Å². The normalized spacial score (nSPS) is 21.9. The summed E-state index contributed by atoms with van der Waals surface area (Å²) in [5.41, 5.74) is 0. The number of amides is 2. The molecule has 1 saturated carbocycles. The lowest BCUT2D eigenvalue weighted by Crippen LogP contribution is -2.47. The van der Waals surface area contributed by atoms with E-state index in [1.54, 1.807) is 21.8 Å². The minimum absolute atomic E-state index is 0.105. The standard InChI is InChI=1S/C18H27N3O4S2/c22-17(18(23)20-14-6-1-2-7-14)19-11-10-15-8-3-4-12-21(15)27(24,25)16-9-5-13-26-16/h5,9,13-15H,1-4,6-8,10-12H2,(H,19,22)(H,20,23)/t15-/m0/s1. The zero-order valence-corrected chi connectivity index (χ0v) is 17.0. The van der Waals surface area contributed by atoms with Crippen LogP contribution in [0, 0.1) is 0 Å². The number of rotatable bonds is 6. The van der Waals surface area contributed by atoms with Crippen LogP contribution in [-0.2, 0) is 19.6 Å². The van der Waals surface area contributed by atoms with Crippen molar-refractivity contribution in [3.63, 3.8) is 0 Å². The number of hydrogen-bond donors (Lipinski definition) is 2. The molecule has 1 saturated heterocycles. The van der Waals surface area contributed by atoms with Gasteiger partial charge in [0.2, 0.25) is 0 Å². The highest BCUT2D eigenvalue weighted by atomic mass is 32.2. The van der Waals surface area contributed by atoms with Crippen LogP contribution in [0.1, 0.15) is 51.4 Å². The van der Waals surface area contributed by atoms with Crippen molar-refractivity contribution in [2.45, 2.75) is 67.7 Å². The van der Waals surface area contributed by atoms with Crippen molar-refractivity contribution in [1.82, 2.24) is 14.9 Å². The van der Waals surface area contributed by atoms with E-state index in [1.807, 2.05) is 0 Å². The highest BCUT2D eigenvalue weighted by molar-refractivity contribution is 7.91. The lowest BCUT2D eigenvalue weighted by atomic mass is 10.0. The monoisotopic (exact) mass is 413 g/mol. The van der Waals surface area contributed by atoms with E-state index in [4.69, 9.17) is 0 Å². The fourth-order valence-electron chi connectivity index (χ4n) is 3.86. The molecule has 0 radical (unpaired) electrons. The molecule has 1 aromatic rings. The Bertz CT molecular complexity index is 743. The van der Waals surface area contributed by atoms with Gasteiger partial charge in [0, 0.05) is 25.2 Å². The van der Waals surface area contributed by atoms with Crippen molar-refractivity contribution >= 4 is 33.2 Å². The van der Waals surface area contributed by atoms with Gasteiger partial charge < -0.3 is 10.6 Å². The largest absolute Gasteiger partial charge is 0.348 e. The second-order valence-electron chi connectivity index (χ2n) is 7.20. The number of carbonyl (C=O) groups excluding carboxylic acids is 2. The molecule has 7 nitrogen and oxygen atoms in total. The topological polar surface area (TPSA) is 95.6 Å². The van der Waals surface area contributed by atoms with Crippen molar-refractivity contribution in [3.8, 4) is 0 Å². The Morgan fingerprint density at radius 1 is 1.11 bits per heavy atom. The Morgan fingerprint density at radius 3 is 2.56 bits per heavy atom. The van der Waals surface area contributed by atoms with Crippen molar-refractivity contribution in [3.05, 3.63) is 17.5 Å². The van der Waals surface area contributed by atoms with Gasteiger partial charge in [-0.2, -0.15) is 4.31 Å². The molecule has 0 aromatic carbocycles. The summed E-state index contributed by atoms with van der Waals surface area (Å²) in [6.45, 7) is 0.791. The molecule has 9 heteroatoms. The number of thiophene rings is 1. The number of sulfonamides is 1. The summed E-state index contributed by atoms with van der Waals surface area (Å²) in [4.78, 5) is 23.9. The van der Waals surface area contributed by atoms with Gasteiger partial charge in [-0.15, -0.1) is 11.3 Å². The fourth-order valence-corrected chi connectivity index (χ4v) is 6.70. The lowest BCUT2D eigenvalue weighted by Gasteiger charge is -2.34. The van der Waals surface area contributed by atoms with Gasteiger partial charge in [-0.1, -0.05) is 25.3 Å². The van der Waals surface area contributed by atoms with E-state index >= 15 is 0 Å². The van der Waals surface area contributed by atoms with E-state index in [2.05, 4.69) is 10.6 Å². The Balaban J connectivity index is 1.51. The molecular formula is C18H27N3O4S2. The Morgan fingerprint density at radius 2 is 1.85 bits per heavy atom. The molecule has 2 aliphatic rings. The first kappa shape index (κ1) is 20.3. The zero-order valence-electron chi connectivity index (χ0n) is 15.4. The SMILES string of the molecule is O=C(NCC[C@@H]1CCCCN1S(=O)(=O)c1cccs1)C(=O)NC1CCCC1. The minimum atomic E-state index is -3.49. The molecule has 2 fully saturated rings. The van der Waals surface area contributed by atoms with Gasteiger partial charge in [-0.25, -0.2) is 8.42 Å². The molecule has 3 rings (SSSR count). The molecule has 1 aromatic heterocycles. The minimum Gasteiger partial charge on any atom is -0.348 e. The number of piperidine rings is 1. The summed E-state index contributed by atoms with van der Waals surface area (Å²) in [6, 6.07) is 3.32. The summed E-state index contributed by atoms with van der Waals surface area (Å²) in [6.07, 6.45) is 7.12. The first-order chi connectivity index (χ1) is 13.0. The Kier molecular flexibility index (Phi) is 6.88. The van der Waals surface area contributed by atoms with Crippen LogP contribution < -0.4 is 10.6 Å². The molecule has 2 N–H and O–H groups in total. The van der Waals surface area contributed by atoms with Crippen LogP contribution in [-0.4, -0.2) is 49.7 Å². The number of hydrogen-bond acceptors (Lipinski definition) is 5. The molecule has 150 valence electrons. The fraction of sp³-hybridized carbons (Fsp3) is 0.667. The molecule has 2 amide bonds. The van der Waals surface area contributed by atoms with Gasteiger partial charge in [0.05, 0.1) is 0 Å². The van der Waals surface area contributed by atoms with E-state index in [0.717, 1.165) is 44.9 Å². The maximum Gasteiger partial charge on any atom is 0.309 e. The molecule has 27 heavy (non-hydrogen) atoms. The number of nitrogens with one attached hydrogen (secondary N) is 2. The van der Waals surface area contributed by atoms with Crippen LogP contribution in [0.15, 0.2) is 21.7 Å². The first-order valence-corrected chi connectivity index (χ1v) is 11.9. The quantitative estimate of drug-likeness (QED) is 0.696. The maximum atomic E-state index is 12.8. The average Bonchev–Trinajstić information content (AvgIpc) is 3.36. The highest BCUT2D eigenvalue weighted by Gasteiger charge is 2.34. The number of carbonyl (C=O) groups is 2. The van der Waals surface area contributed by atoms with Crippen LogP contribution in [0.5, 0.6) is 0 Å². The third-order valence-electron chi connectivity index (χ3n) is 5.29. The highest BCUT2D eigenvalue weighted by Crippen LogP contribution is 2.29. The van der Waals surface area contributed by atoms with E-state index in [9.17, 15) is 18.0 Å². The van der Waals surface area contributed by atoms with Gasteiger partial charge in [-0.3, -0.25) is 9.59 Å². The third-order valence-corrected chi connectivity index (χ3v) is 8.62. The van der Waals surface area contributed by atoms with Crippen molar-refractivity contribution in [1.29, 1.82) is 0 Å². The molecule has 0 unspecified atom stereocenters. The smallest absolute Gasteiger partial charge is 0.309 e. The van der Waals surface area contributed by atoms with Crippen molar-refractivity contribution in [2.24, 2.45) is 0 Å². The summed E-state index contributed by atoms with van der Waals surface area (Å²) in [5.74, 6) is -1.22. The first-order valence-electron chi connectivity index (χ1n) is 9.62. The average molecular weight is 414 g/mol. The summed E-state index contributed by atoms with van der Waals surface area (Å²) >= 11 is 1.22. The van der Waals surface area contributed by atoms with Gasteiger partial charge in [-0.05, 0) is 43.6 Å². The molecule has 1 aliphatic carbocycles. The summed E-state index contributed by atoms with van der Waals surface area (Å²) in [5, 5.41) is 7.16. The van der Waals surface area contributed by atoms with E-state index in [-0.39, 0.29) is 18.6 Å². The predicted octanol–water partition coefficient (Wildman–Crippen LogP) is 1.86. The molecular weight excluding hydrogens is 386 g/mol. The third kappa shape index (κ3) is 5.08. The molecule has 1 aliphatic heterocycles. The van der Waals surface area contributed by atoms with Crippen molar-refractivity contribution < 1.29 is 18.0 Å². The molecule has 0 spiro atoms. The van der Waals surface area contributed by atoms with Crippen molar-refractivity contribution in [2.75, 3.05) is 13.1 Å². The lowest BCUT2D eigenvalue weighted by molar-refractivity contribution is -0.139. The second-order valence-corrected chi connectivity index (χ2v) is 10.3. The summed E-state index contributed by atoms with van der Waals surface area (Å²) < 4.78 is 27.6. The Labute approximate surface area is 164 Å². The van der Waals surface area contributed by atoms with Crippen LogP contribution >= 0.6 is 11.3 Å². The van der Waals surface area contributed by atoms with E-state index in [1.165, 1.54) is 11.3 Å². The second kappa shape index (κ2) is 9.16. The summed E-state index contributed by atoms with van der Waals surface area (Å²) in [7, 11) is -3.49. The maximum absolute atomic E-state index is 12.8. The zero-order chi connectivity index (χ0) is 19.3. The van der Waals surface area contributed by atoms with Gasteiger partial charge in [0.1, 0.15) is 4.21 Å². The van der Waals surface area contributed by atoms with E-state index in [0.29, 0.717) is 17.2 Å².